The van der Waals surface area contributed by atoms with Gasteiger partial charge in [0, 0.05) is 24.7 Å². The molecule has 1 aromatic heterocycles. The van der Waals surface area contributed by atoms with Crippen LogP contribution in [-0.2, 0) is 19.6 Å². The van der Waals surface area contributed by atoms with E-state index in [4.69, 9.17) is 0 Å². The molecule has 0 unspecified atom stereocenters. The van der Waals surface area contributed by atoms with Gasteiger partial charge in [-0.25, -0.2) is 8.42 Å². The zero-order chi connectivity index (χ0) is 21.0. The first-order chi connectivity index (χ1) is 13.8. The first-order valence-electron chi connectivity index (χ1n) is 9.46. The van der Waals surface area contributed by atoms with Crippen LogP contribution in [-0.4, -0.2) is 44.2 Å². The maximum Gasteiger partial charge on any atom is 0.252 e. The van der Waals surface area contributed by atoms with Crippen LogP contribution >= 0.6 is 11.3 Å². The predicted octanol–water partition coefficient (Wildman–Crippen LogP) is 2.52. The number of thiophene rings is 1. The molecular weight excluding hydrogens is 410 g/mol. The first kappa shape index (κ1) is 21.5. The van der Waals surface area contributed by atoms with Gasteiger partial charge in [0.25, 0.3) is 10.0 Å². The van der Waals surface area contributed by atoms with Crippen molar-refractivity contribution in [1.82, 2.24) is 9.62 Å². The number of aryl methyl sites for hydroxylation is 2. The summed E-state index contributed by atoms with van der Waals surface area (Å²) < 4.78 is 26.9. The molecule has 2 heterocycles. The summed E-state index contributed by atoms with van der Waals surface area (Å²) in [5.41, 5.74) is 2.69. The fourth-order valence-corrected chi connectivity index (χ4v) is 6.02. The molecule has 9 heteroatoms. The molecule has 156 valence electrons. The van der Waals surface area contributed by atoms with Gasteiger partial charge in [-0.1, -0.05) is 24.3 Å². The number of para-hydroxylation sites is 1. The van der Waals surface area contributed by atoms with Crippen LogP contribution in [0.3, 0.4) is 0 Å². The number of nitrogens with zero attached hydrogens (tertiary/aromatic N) is 1. The Bertz CT molecular complexity index is 959. The van der Waals surface area contributed by atoms with E-state index in [-0.39, 0.29) is 24.3 Å². The number of rotatable bonds is 6. The lowest BCUT2D eigenvalue weighted by atomic mass is 9.97. The summed E-state index contributed by atoms with van der Waals surface area (Å²) in [4.78, 5) is 24.6. The topological polar surface area (TPSA) is 95.6 Å². The Morgan fingerprint density at radius 2 is 1.76 bits per heavy atom. The molecule has 0 bridgehead atoms. The molecule has 7 nitrogen and oxygen atoms in total. The Morgan fingerprint density at radius 1 is 1.10 bits per heavy atom. The standard InChI is InChI=1S/C20H25N3O4S2/c1-14-5-3-6-15(2)19(14)22-17(24)13-21-20(25)16-8-10-23(11-9-16)29(26,27)18-7-4-12-28-18/h3-7,12,16H,8-11,13H2,1-2H3,(H,21,25)(H,22,24). The Kier molecular flexibility index (Phi) is 6.71. The molecule has 0 aliphatic carbocycles. The molecule has 0 saturated carbocycles. The van der Waals surface area contributed by atoms with Crippen molar-refractivity contribution in [1.29, 1.82) is 0 Å². The van der Waals surface area contributed by atoms with Gasteiger partial charge < -0.3 is 10.6 Å². The van der Waals surface area contributed by atoms with E-state index in [9.17, 15) is 18.0 Å². The van der Waals surface area contributed by atoms with E-state index in [2.05, 4.69) is 10.6 Å². The Hall–Kier alpha value is -2.23. The van der Waals surface area contributed by atoms with E-state index in [0.29, 0.717) is 30.1 Å². The number of benzene rings is 1. The van der Waals surface area contributed by atoms with Crippen molar-refractivity contribution in [3.05, 3.63) is 46.8 Å². The molecule has 29 heavy (non-hydrogen) atoms. The average Bonchev–Trinajstić information content (AvgIpc) is 3.25. The quantitative estimate of drug-likeness (QED) is 0.729. The molecule has 0 atom stereocenters. The van der Waals surface area contributed by atoms with Gasteiger partial charge in [0.05, 0.1) is 6.54 Å². The van der Waals surface area contributed by atoms with Crippen LogP contribution in [0.25, 0.3) is 0 Å². The highest BCUT2D eigenvalue weighted by atomic mass is 32.2. The minimum absolute atomic E-state index is 0.111. The van der Waals surface area contributed by atoms with Crippen LogP contribution in [0.5, 0.6) is 0 Å². The first-order valence-corrected chi connectivity index (χ1v) is 11.8. The van der Waals surface area contributed by atoms with E-state index in [1.54, 1.807) is 17.5 Å². The van der Waals surface area contributed by atoms with Crippen molar-refractivity contribution in [2.75, 3.05) is 25.0 Å². The summed E-state index contributed by atoms with van der Waals surface area (Å²) in [5, 5.41) is 7.25. The Labute approximate surface area is 175 Å². The lowest BCUT2D eigenvalue weighted by Crippen LogP contribution is -2.44. The number of amides is 2. The number of sulfonamides is 1. The zero-order valence-corrected chi connectivity index (χ0v) is 18.1. The van der Waals surface area contributed by atoms with E-state index < -0.39 is 10.0 Å². The van der Waals surface area contributed by atoms with Gasteiger partial charge in [-0.05, 0) is 49.3 Å². The Balaban J connectivity index is 1.48. The smallest absolute Gasteiger partial charge is 0.252 e. The van der Waals surface area contributed by atoms with Crippen LogP contribution in [0, 0.1) is 19.8 Å². The fraction of sp³-hybridized carbons (Fsp3) is 0.400. The van der Waals surface area contributed by atoms with Crippen molar-refractivity contribution in [2.24, 2.45) is 5.92 Å². The molecule has 2 amide bonds. The lowest BCUT2D eigenvalue weighted by Gasteiger charge is -2.30. The summed E-state index contributed by atoms with van der Waals surface area (Å²) in [6, 6.07) is 9.06. The van der Waals surface area contributed by atoms with E-state index in [1.807, 2.05) is 32.0 Å². The van der Waals surface area contributed by atoms with Crippen molar-refractivity contribution in [3.8, 4) is 0 Å². The number of hydrogen-bond donors (Lipinski definition) is 2. The SMILES string of the molecule is Cc1cccc(C)c1NC(=O)CNC(=O)C1CCN(S(=O)(=O)c2cccs2)CC1. The number of nitrogens with one attached hydrogen (secondary N) is 2. The minimum atomic E-state index is -3.48. The molecule has 3 rings (SSSR count). The van der Waals surface area contributed by atoms with E-state index in [0.717, 1.165) is 16.8 Å². The average molecular weight is 436 g/mol. The van der Waals surface area contributed by atoms with Gasteiger partial charge in [0.15, 0.2) is 0 Å². The number of carbonyl (C=O) groups is 2. The van der Waals surface area contributed by atoms with Crippen LogP contribution < -0.4 is 10.6 Å². The monoisotopic (exact) mass is 435 g/mol. The van der Waals surface area contributed by atoms with Gasteiger partial charge in [0.2, 0.25) is 11.8 Å². The molecule has 2 N–H and O–H groups in total. The van der Waals surface area contributed by atoms with Crippen LogP contribution in [0.4, 0.5) is 5.69 Å². The zero-order valence-electron chi connectivity index (χ0n) is 16.5. The van der Waals surface area contributed by atoms with Gasteiger partial charge in [-0.3, -0.25) is 9.59 Å². The highest BCUT2D eigenvalue weighted by Crippen LogP contribution is 2.26. The third-order valence-corrected chi connectivity index (χ3v) is 8.35. The molecule has 1 aliphatic heterocycles. The van der Waals surface area contributed by atoms with Gasteiger partial charge in [-0.2, -0.15) is 4.31 Å². The number of hydrogen-bond acceptors (Lipinski definition) is 5. The highest BCUT2D eigenvalue weighted by molar-refractivity contribution is 7.91. The molecule has 0 radical (unpaired) electrons. The molecule has 0 spiro atoms. The second kappa shape index (κ2) is 9.06. The summed E-state index contributed by atoms with van der Waals surface area (Å²) in [7, 11) is -3.48. The molecule has 1 aromatic carbocycles. The molecule has 1 aliphatic rings. The number of anilines is 1. The highest BCUT2D eigenvalue weighted by Gasteiger charge is 2.32. The summed E-state index contributed by atoms with van der Waals surface area (Å²) in [5.74, 6) is -0.791. The van der Waals surface area contributed by atoms with Crippen molar-refractivity contribution in [2.45, 2.75) is 30.9 Å². The van der Waals surface area contributed by atoms with Crippen LogP contribution in [0.15, 0.2) is 39.9 Å². The van der Waals surface area contributed by atoms with E-state index >= 15 is 0 Å². The summed E-state index contributed by atoms with van der Waals surface area (Å²) >= 11 is 1.19. The maximum absolute atomic E-state index is 12.6. The Morgan fingerprint density at radius 3 is 2.34 bits per heavy atom. The lowest BCUT2D eigenvalue weighted by molar-refractivity contribution is -0.128. The summed E-state index contributed by atoms with van der Waals surface area (Å²) in [6.07, 6.45) is 0.879. The third-order valence-electron chi connectivity index (χ3n) is 5.08. The van der Waals surface area contributed by atoms with Crippen LogP contribution in [0.1, 0.15) is 24.0 Å². The molecule has 1 saturated heterocycles. The van der Waals surface area contributed by atoms with Gasteiger partial charge >= 0.3 is 0 Å². The maximum atomic E-state index is 12.6. The third kappa shape index (κ3) is 5.04. The molecule has 1 fully saturated rings. The summed E-state index contributed by atoms with van der Waals surface area (Å²) in [6.45, 7) is 4.32. The minimum Gasteiger partial charge on any atom is -0.347 e. The molecular formula is C20H25N3O4S2. The fourth-order valence-electron chi connectivity index (χ4n) is 3.40. The van der Waals surface area contributed by atoms with Gasteiger partial charge in [-0.15, -0.1) is 11.3 Å². The van der Waals surface area contributed by atoms with E-state index in [1.165, 1.54) is 15.6 Å². The van der Waals surface area contributed by atoms with Crippen molar-refractivity contribution >= 4 is 38.9 Å². The number of carbonyl (C=O) groups excluding carboxylic acids is 2. The second-order valence-electron chi connectivity index (χ2n) is 7.14. The normalized spacial score (nSPS) is 15.8. The number of piperidine rings is 1. The molecule has 2 aromatic rings. The van der Waals surface area contributed by atoms with Gasteiger partial charge in [0.1, 0.15) is 4.21 Å². The van der Waals surface area contributed by atoms with Crippen LogP contribution in [0.2, 0.25) is 0 Å². The largest absolute Gasteiger partial charge is 0.347 e. The van der Waals surface area contributed by atoms with Crippen molar-refractivity contribution in [3.63, 3.8) is 0 Å². The predicted molar refractivity (Wildman–Crippen MR) is 113 cm³/mol. The van der Waals surface area contributed by atoms with Crippen molar-refractivity contribution < 1.29 is 18.0 Å². The second-order valence-corrected chi connectivity index (χ2v) is 10.3.